The average Bonchev–Trinajstić information content (AvgIpc) is 3.01. The maximum atomic E-state index is 12.8. The molecule has 0 aliphatic carbocycles. The van der Waals surface area contributed by atoms with Gasteiger partial charge in [0.1, 0.15) is 5.52 Å². The lowest BCUT2D eigenvalue weighted by Crippen LogP contribution is -2.43. The number of pyridine rings is 1. The summed E-state index contributed by atoms with van der Waals surface area (Å²) in [6.45, 7) is 6.28. The summed E-state index contributed by atoms with van der Waals surface area (Å²) in [5, 5.41) is 8.80. The number of aryl methyl sites for hydroxylation is 3. The van der Waals surface area contributed by atoms with Crippen molar-refractivity contribution in [1.82, 2.24) is 20.1 Å². The van der Waals surface area contributed by atoms with E-state index >= 15 is 0 Å². The van der Waals surface area contributed by atoms with Crippen molar-refractivity contribution in [2.75, 3.05) is 18.0 Å². The van der Waals surface area contributed by atoms with Crippen LogP contribution in [0.1, 0.15) is 29.7 Å². The number of carbonyl (C=O) groups excluding carboxylic acids is 1. The third-order valence-electron chi connectivity index (χ3n) is 5.72. The molecule has 1 aromatic carbocycles. The Bertz CT molecular complexity index is 1010. The van der Waals surface area contributed by atoms with Crippen LogP contribution in [0.3, 0.4) is 0 Å². The van der Waals surface area contributed by atoms with Gasteiger partial charge in [-0.2, -0.15) is 5.10 Å². The molecule has 1 unspecified atom stereocenters. The van der Waals surface area contributed by atoms with Crippen LogP contribution in [-0.2, 0) is 18.4 Å². The molecule has 6 heteroatoms. The van der Waals surface area contributed by atoms with Crippen molar-refractivity contribution in [1.29, 1.82) is 0 Å². The highest BCUT2D eigenvalue weighted by molar-refractivity contribution is 5.91. The topological polar surface area (TPSA) is 63.1 Å². The zero-order valence-electron chi connectivity index (χ0n) is 16.8. The molecule has 1 saturated heterocycles. The fraction of sp³-hybridized carbons (Fsp3) is 0.409. The molecule has 1 aliphatic rings. The van der Waals surface area contributed by atoms with E-state index in [0.29, 0.717) is 13.1 Å². The predicted octanol–water partition coefficient (Wildman–Crippen LogP) is 3.12. The molecule has 1 N–H and O–H groups in total. The molecule has 1 atom stereocenters. The van der Waals surface area contributed by atoms with Gasteiger partial charge in [-0.05, 0) is 43.9 Å². The maximum absolute atomic E-state index is 12.8. The number of hydrogen-bond acceptors (Lipinski definition) is 4. The smallest absolute Gasteiger partial charge is 0.225 e. The summed E-state index contributed by atoms with van der Waals surface area (Å²) in [7, 11) is 1.96. The van der Waals surface area contributed by atoms with Gasteiger partial charge in [-0.15, -0.1) is 0 Å². The van der Waals surface area contributed by atoms with Crippen molar-refractivity contribution in [3.05, 3.63) is 53.3 Å². The highest BCUT2D eigenvalue weighted by atomic mass is 16.1. The van der Waals surface area contributed by atoms with E-state index in [1.165, 1.54) is 11.1 Å². The van der Waals surface area contributed by atoms with Gasteiger partial charge in [0.2, 0.25) is 5.91 Å². The van der Waals surface area contributed by atoms with E-state index < -0.39 is 0 Å². The van der Waals surface area contributed by atoms with Crippen molar-refractivity contribution in [3.8, 4) is 0 Å². The summed E-state index contributed by atoms with van der Waals surface area (Å²) in [5.41, 5.74) is 4.42. The zero-order chi connectivity index (χ0) is 19.7. The van der Waals surface area contributed by atoms with Gasteiger partial charge >= 0.3 is 0 Å². The van der Waals surface area contributed by atoms with Crippen molar-refractivity contribution in [3.63, 3.8) is 0 Å². The quantitative estimate of drug-likeness (QED) is 0.759. The lowest BCUT2D eigenvalue weighted by Gasteiger charge is -2.33. The van der Waals surface area contributed by atoms with Gasteiger partial charge in [0.25, 0.3) is 0 Å². The third kappa shape index (κ3) is 3.46. The minimum atomic E-state index is -0.0239. The number of anilines is 1. The summed E-state index contributed by atoms with van der Waals surface area (Å²) in [6.07, 6.45) is 3.74. The molecule has 1 aliphatic heterocycles. The van der Waals surface area contributed by atoms with Gasteiger partial charge in [0.15, 0.2) is 5.82 Å². The minimum absolute atomic E-state index is 0.0239. The molecule has 0 spiro atoms. The minimum Gasteiger partial charge on any atom is -0.354 e. The predicted molar refractivity (Wildman–Crippen MR) is 111 cm³/mol. The molecule has 0 bridgehead atoms. The first kappa shape index (κ1) is 18.5. The van der Waals surface area contributed by atoms with Crippen LogP contribution in [0, 0.1) is 19.8 Å². The van der Waals surface area contributed by atoms with Gasteiger partial charge in [-0.3, -0.25) is 9.48 Å². The van der Waals surface area contributed by atoms with E-state index in [1.54, 1.807) is 0 Å². The molecule has 1 amide bonds. The highest BCUT2D eigenvalue weighted by Gasteiger charge is 2.28. The van der Waals surface area contributed by atoms with E-state index in [4.69, 9.17) is 0 Å². The van der Waals surface area contributed by atoms with Crippen molar-refractivity contribution in [2.45, 2.75) is 33.2 Å². The number of fused-ring (bicyclic) bond motifs is 1. The number of aromatic nitrogens is 3. The van der Waals surface area contributed by atoms with Crippen LogP contribution in [0.2, 0.25) is 0 Å². The Morgan fingerprint density at radius 3 is 2.89 bits per heavy atom. The molecular formula is C22H27N5O. The van der Waals surface area contributed by atoms with Crippen molar-refractivity contribution >= 4 is 22.6 Å². The number of carbonyl (C=O) groups is 1. The highest BCUT2D eigenvalue weighted by Crippen LogP contribution is 2.29. The maximum Gasteiger partial charge on any atom is 0.225 e. The second-order valence-corrected chi connectivity index (χ2v) is 7.67. The van der Waals surface area contributed by atoms with Crippen LogP contribution in [0.15, 0.2) is 36.5 Å². The number of piperidine rings is 1. The number of rotatable bonds is 4. The van der Waals surface area contributed by atoms with Crippen LogP contribution in [0.4, 0.5) is 5.82 Å². The second kappa shape index (κ2) is 7.62. The Labute approximate surface area is 165 Å². The lowest BCUT2D eigenvalue weighted by molar-refractivity contribution is -0.125. The van der Waals surface area contributed by atoms with Crippen molar-refractivity contribution in [2.24, 2.45) is 13.0 Å². The van der Waals surface area contributed by atoms with Gasteiger partial charge in [-0.1, -0.05) is 24.3 Å². The molecule has 0 radical (unpaired) electrons. The fourth-order valence-electron chi connectivity index (χ4n) is 4.13. The molecular weight excluding hydrogens is 350 g/mol. The third-order valence-corrected chi connectivity index (χ3v) is 5.72. The Balaban J connectivity index is 1.49. The van der Waals surface area contributed by atoms with Crippen molar-refractivity contribution < 1.29 is 4.79 Å². The summed E-state index contributed by atoms with van der Waals surface area (Å²) < 4.78 is 1.90. The summed E-state index contributed by atoms with van der Waals surface area (Å²) >= 11 is 0. The van der Waals surface area contributed by atoms with E-state index in [9.17, 15) is 4.79 Å². The SMILES string of the molecule is Cc1ccccc1CNC(=O)C1CCCN(c2nccc3c(C)nn(C)c23)C1. The Kier molecular flexibility index (Phi) is 5.03. The molecule has 1 fully saturated rings. The largest absolute Gasteiger partial charge is 0.354 e. The van der Waals surface area contributed by atoms with E-state index in [1.807, 2.05) is 43.0 Å². The van der Waals surface area contributed by atoms with Gasteiger partial charge in [0.05, 0.1) is 11.6 Å². The number of benzene rings is 1. The molecule has 6 nitrogen and oxygen atoms in total. The monoisotopic (exact) mass is 377 g/mol. The standard InChI is InChI=1S/C22H27N5O/c1-15-7-4-5-8-17(15)13-24-22(28)18-9-6-12-27(14-18)21-20-19(10-11-23-21)16(2)25-26(20)3/h4-5,7-8,10-11,18H,6,9,12-14H2,1-3H3,(H,24,28). The van der Waals surface area contributed by atoms with Crippen LogP contribution in [-0.4, -0.2) is 33.8 Å². The van der Waals surface area contributed by atoms with Gasteiger partial charge in [0, 0.05) is 38.3 Å². The van der Waals surface area contributed by atoms with Crippen LogP contribution < -0.4 is 10.2 Å². The number of nitrogens with one attached hydrogen (secondary N) is 1. The first-order chi connectivity index (χ1) is 13.5. The van der Waals surface area contributed by atoms with Crippen LogP contribution in [0.25, 0.3) is 10.9 Å². The molecule has 0 saturated carbocycles. The molecule has 3 heterocycles. The van der Waals surface area contributed by atoms with E-state index in [-0.39, 0.29) is 11.8 Å². The average molecular weight is 377 g/mol. The number of nitrogens with zero attached hydrogens (tertiary/aromatic N) is 4. The molecule has 4 rings (SSSR count). The first-order valence-electron chi connectivity index (χ1n) is 9.90. The molecule has 28 heavy (non-hydrogen) atoms. The molecule has 146 valence electrons. The lowest BCUT2D eigenvalue weighted by atomic mass is 9.96. The molecule has 3 aromatic rings. The summed E-state index contributed by atoms with van der Waals surface area (Å²) in [5.74, 6) is 1.03. The Morgan fingerprint density at radius 2 is 2.07 bits per heavy atom. The molecule has 2 aromatic heterocycles. The zero-order valence-corrected chi connectivity index (χ0v) is 16.8. The Morgan fingerprint density at radius 1 is 1.25 bits per heavy atom. The van der Waals surface area contributed by atoms with Gasteiger partial charge in [-0.25, -0.2) is 4.98 Å². The number of hydrogen-bond donors (Lipinski definition) is 1. The van der Waals surface area contributed by atoms with E-state index in [2.05, 4.69) is 39.4 Å². The van der Waals surface area contributed by atoms with E-state index in [0.717, 1.165) is 41.8 Å². The Hall–Kier alpha value is -2.89. The first-order valence-corrected chi connectivity index (χ1v) is 9.90. The summed E-state index contributed by atoms with van der Waals surface area (Å²) in [6, 6.07) is 10.2. The van der Waals surface area contributed by atoms with Crippen LogP contribution >= 0.6 is 0 Å². The normalized spacial score (nSPS) is 17.1. The van der Waals surface area contributed by atoms with Crippen LogP contribution in [0.5, 0.6) is 0 Å². The second-order valence-electron chi connectivity index (χ2n) is 7.67. The number of amides is 1. The fourth-order valence-corrected chi connectivity index (χ4v) is 4.13. The van der Waals surface area contributed by atoms with Gasteiger partial charge < -0.3 is 10.2 Å². The summed E-state index contributed by atoms with van der Waals surface area (Å²) in [4.78, 5) is 19.7.